The molecule has 0 bridgehead atoms. The number of rotatable bonds is 3. The Bertz CT molecular complexity index is 529. The average molecular weight is 311 g/mol. The van der Waals surface area contributed by atoms with Crippen LogP contribution in [0.4, 0.5) is 0 Å². The van der Waals surface area contributed by atoms with E-state index in [1.807, 2.05) is 6.92 Å². The second kappa shape index (κ2) is 5.42. The van der Waals surface area contributed by atoms with Crippen molar-refractivity contribution in [3.05, 3.63) is 10.2 Å². The summed E-state index contributed by atoms with van der Waals surface area (Å²) in [5.41, 5.74) is 0.464. The van der Waals surface area contributed by atoms with Gasteiger partial charge in [0.05, 0.1) is 18.9 Å². The first-order chi connectivity index (χ1) is 8.46. The van der Waals surface area contributed by atoms with Crippen LogP contribution in [0.1, 0.15) is 19.0 Å². The van der Waals surface area contributed by atoms with E-state index in [1.54, 1.807) is 6.92 Å². The molecule has 1 saturated heterocycles. The van der Waals surface area contributed by atoms with Gasteiger partial charge in [0.1, 0.15) is 0 Å². The zero-order chi connectivity index (χ0) is 13.3. The molecule has 102 valence electrons. The lowest BCUT2D eigenvalue weighted by Crippen LogP contribution is -2.48. The summed E-state index contributed by atoms with van der Waals surface area (Å²) < 4.78 is 32.5. The van der Waals surface area contributed by atoms with Gasteiger partial charge in [-0.15, -0.1) is 0 Å². The Hall–Kier alpha value is -0.210. The van der Waals surface area contributed by atoms with Crippen LogP contribution in [0.25, 0.3) is 0 Å². The molecule has 1 unspecified atom stereocenters. The quantitative estimate of drug-likeness (QED) is 0.855. The molecule has 1 aromatic heterocycles. The summed E-state index contributed by atoms with van der Waals surface area (Å²) in [7, 11) is -3.51. The molecule has 8 heteroatoms. The maximum atomic E-state index is 12.6. The van der Waals surface area contributed by atoms with E-state index >= 15 is 0 Å². The van der Waals surface area contributed by atoms with E-state index in [-0.39, 0.29) is 14.7 Å². The molecule has 0 aliphatic carbocycles. The summed E-state index contributed by atoms with van der Waals surface area (Å²) in [6.45, 7) is 4.88. The molecule has 2 heterocycles. The Morgan fingerprint density at radius 1 is 1.61 bits per heavy atom. The van der Waals surface area contributed by atoms with Gasteiger partial charge in [-0.3, -0.25) is 0 Å². The predicted molar refractivity (Wildman–Crippen MR) is 70.7 cm³/mol. The van der Waals surface area contributed by atoms with E-state index in [2.05, 4.69) is 4.98 Å². The molecule has 1 aromatic rings. The van der Waals surface area contributed by atoms with Crippen molar-refractivity contribution in [3.63, 3.8) is 0 Å². The van der Waals surface area contributed by atoms with E-state index < -0.39 is 10.0 Å². The van der Waals surface area contributed by atoms with Crippen molar-refractivity contribution in [2.75, 3.05) is 19.8 Å². The number of morpholine rings is 1. The molecule has 1 aliphatic heterocycles. The second-order valence-corrected chi connectivity index (χ2v) is 7.76. The Morgan fingerprint density at radius 2 is 2.33 bits per heavy atom. The summed E-state index contributed by atoms with van der Waals surface area (Å²) in [6.07, 6.45) is 0.727. The third-order valence-electron chi connectivity index (χ3n) is 2.92. The van der Waals surface area contributed by atoms with Gasteiger partial charge in [0.2, 0.25) is 0 Å². The molecule has 2 rings (SSSR count). The number of aromatic nitrogens is 1. The zero-order valence-corrected chi connectivity index (χ0v) is 12.6. The molecule has 5 nitrogen and oxygen atoms in total. The normalized spacial score (nSPS) is 22.3. The molecule has 0 radical (unpaired) electrons. The highest BCUT2D eigenvalue weighted by Gasteiger charge is 2.35. The minimum Gasteiger partial charge on any atom is -0.378 e. The highest BCUT2D eigenvalue weighted by Crippen LogP contribution is 2.31. The third-order valence-corrected chi connectivity index (χ3v) is 6.72. The van der Waals surface area contributed by atoms with Crippen molar-refractivity contribution in [2.45, 2.75) is 30.5 Å². The van der Waals surface area contributed by atoms with Crippen molar-refractivity contribution in [3.8, 4) is 0 Å². The molecule has 0 amide bonds. The van der Waals surface area contributed by atoms with Crippen molar-refractivity contribution in [1.29, 1.82) is 0 Å². The number of aryl methyl sites for hydroxylation is 1. The first kappa shape index (κ1) is 14.2. The Labute approximate surface area is 116 Å². The summed E-state index contributed by atoms with van der Waals surface area (Å²) in [5.74, 6) is 0. The van der Waals surface area contributed by atoms with E-state index in [9.17, 15) is 8.42 Å². The van der Waals surface area contributed by atoms with Crippen LogP contribution in [-0.4, -0.2) is 43.5 Å². The third kappa shape index (κ3) is 2.55. The van der Waals surface area contributed by atoms with Gasteiger partial charge < -0.3 is 4.74 Å². The largest absolute Gasteiger partial charge is 0.378 e. The van der Waals surface area contributed by atoms with Gasteiger partial charge in [0.15, 0.2) is 8.68 Å². The van der Waals surface area contributed by atoms with Gasteiger partial charge in [-0.05, 0) is 13.3 Å². The number of hydrogen-bond donors (Lipinski definition) is 0. The Kier molecular flexibility index (Phi) is 4.28. The maximum absolute atomic E-state index is 12.6. The monoisotopic (exact) mass is 310 g/mol. The van der Waals surface area contributed by atoms with E-state index in [4.69, 9.17) is 16.3 Å². The lowest BCUT2D eigenvalue weighted by molar-refractivity contribution is 0.0315. The molecule has 0 saturated carbocycles. The lowest BCUT2D eigenvalue weighted by atomic mass is 10.2. The fourth-order valence-electron chi connectivity index (χ4n) is 1.97. The maximum Gasteiger partial charge on any atom is 0.254 e. The summed E-state index contributed by atoms with van der Waals surface area (Å²) in [4.78, 5) is 3.97. The minimum absolute atomic E-state index is 0.107. The molecule has 0 aromatic carbocycles. The van der Waals surface area contributed by atoms with Crippen molar-refractivity contribution < 1.29 is 13.2 Å². The van der Waals surface area contributed by atoms with Gasteiger partial charge in [0.25, 0.3) is 10.0 Å². The van der Waals surface area contributed by atoms with Crippen LogP contribution in [0.5, 0.6) is 0 Å². The average Bonchev–Trinajstić information content (AvgIpc) is 2.69. The highest BCUT2D eigenvalue weighted by atomic mass is 35.5. The summed E-state index contributed by atoms with van der Waals surface area (Å²) in [5, 5.41) is 0. The number of hydrogen-bond acceptors (Lipinski definition) is 5. The molecule has 18 heavy (non-hydrogen) atoms. The standard InChI is InChI=1S/C10H15ClN2O3S2/c1-3-8-6-16-5-4-13(8)18(14,15)9-7(2)12-10(11)17-9/h8H,3-6H2,1-2H3. The number of thiazole rings is 1. The fraction of sp³-hybridized carbons (Fsp3) is 0.700. The van der Waals surface area contributed by atoms with Gasteiger partial charge in [0, 0.05) is 12.6 Å². The highest BCUT2D eigenvalue weighted by molar-refractivity contribution is 7.91. The van der Waals surface area contributed by atoms with Crippen LogP contribution in [0.3, 0.4) is 0 Å². The topological polar surface area (TPSA) is 59.5 Å². The Morgan fingerprint density at radius 3 is 2.89 bits per heavy atom. The lowest BCUT2D eigenvalue weighted by Gasteiger charge is -2.33. The van der Waals surface area contributed by atoms with Gasteiger partial charge in [-0.2, -0.15) is 4.31 Å². The zero-order valence-electron chi connectivity index (χ0n) is 10.2. The number of nitrogens with zero attached hydrogens (tertiary/aromatic N) is 2. The summed E-state index contributed by atoms with van der Waals surface area (Å²) >= 11 is 6.79. The van der Waals surface area contributed by atoms with Crippen LogP contribution >= 0.6 is 22.9 Å². The van der Waals surface area contributed by atoms with Gasteiger partial charge >= 0.3 is 0 Å². The van der Waals surface area contributed by atoms with Crippen LogP contribution in [0, 0.1) is 6.92 Å². The predicted octanol–water partition coefficient (Wildman–Crippen LogP) is 1.90. The second-order valence-electron chi connectivity index (χ2n) is 4.09. The molecular formula is C10H15ClN2O3S2. The first-order valence-corrected chi connectivity index (χ1v) is 8.32. The molecule has 1 fully saturated rings. The van der Waals surface area contributed by atoms with E-state index in [0.717, 1.165) is 17.8 Å². The van der Waals surface area contributed by atoms with Crippen LogP contribution < -0.4 is 0 Å². The van der Waals surface area contributed by atoms with E-state index in [0.29, 0.717) is 25.5 Å². The smallest absolute Gasteiger partial charge is 0.254 e. The van der Waals surface area contributed by atoms with Gasteiger partial charge in [-0.1, -0.05) is 29.9 Å². The molecule has 1 aliphatic rings. The SMILES string of the molecule is CCC1COCCN1S(=O)(=O)c1sc(Cl)nc1C. The number of halogens is 1. The van der Waals surface area contributed by atoms with Gasteiger partial charge in [-0.25, -0.2) is 13.4 Å². The molecule has 0 spiro atoms. The first-order valence-electron chi connectivity index (χ1n) is 5.69. The molecule has 1 atom stereocenters. The number of ether oxygens (including phenoxy) is 1. The van der Waals surface area contributed by atoms with Crippen LogP contribution in [0.15, 0.2) is 4.21 Å². The van der Waals surface area contributed by atoms with Crippen molar-refractivity contribution in [2.24, 2.45) is 0 Å². The summed E-state index contributed by atoms with van der Waals surface area (Å²) in [6, 6.07) is -0.107. The molecular weight excluding hydrogens is 296 g/mol. The minimum atomic E-state index is -3.51. The Balaban J connectivity index is 2.38. The van der Waals surface area contributed by atoms with E-state index in [1.165, 1.54) is 4.31 Å². The van der Waals surface area contributed by atoms with Crippen LogP contribution in [0.2, 0.25) is 4.47 Å². The molecule has 0 N–H and O–H groups in total. The van der Waals surface area contributed by atoms with Crippen LogP contribution in [-0.2, 0) is 14.8 Å². The van der Waals surface area contributed by atoms with Crippen molar-refractivity contribution >= 4 is 33.0 Å². The fourth-order valence-corrected chi connectivity index (χ4v) is 5.49. The van der Waals surface area contributed by atoms with Crippen molar-refractivity contribution in [1.82, 2.24) is 9.29 Å². The number of sulfonamides is 1.